The first-order valence-electron chi connectivity index (χ1n) is 3.43. The average Bonchev–Trinajstić information content (AvgIpc) is 2.36. The highest BCUT2D eigenvalue weighted by molar-refractivity contribution is 9.09. The molecule has 0 aromatic carbocycles. The van der Waals surface area contributed by atoms with Gasteiger partial charge < -0.3 is 4.90 Å². The van der Waals surface area contributed by atoms with Gasteiger partial charge in [-0.15, -0.1) is 11.3 Å². The highest BCUT2D eigenvalue weighted by Gasteiger charge is 2.02. The second-order valence-corrected chi connectivity index (χ2v) is 4.01. The van der Waals surface area contributed by atoms with Crippen LogP contribution in [0.15, 0.2) is 5.38 Å². The van der Waals surface area contributed by atoms with Crippen LogP contribution in [0.2, 0.25) is 0 Å². The summed E-state index contributed by atoms with van der Waals surface area (Å²) in [5.74, 6) is 0. The lowest BCUT2D eigenvalue weighted by atomic mass is 10.6. The minimum atomic E-state index is 0.988. The zero-order valence-corrected chi connectivity index (χ0v) is 9.07. The van der Waals surface area contributed by atoms with Crippen LogP contribution in [0, 0.1) is 6.92 Å². The zero-order chi connectivity index (χ0) is 8.27. The number of halogens is 1. The van der Waals surface area contributed by atoms with Crippen molar-refractivity contribution in [2.75, 3.05) is 23.8 Å². The third kappa shape index (κ3) is 2.45. The number of hydrogen-bond donors (Lipinski definition) is 0. The molecular weight excluding hydrogens is 224 g/mol. The number of nitrogens with zero attached hydrogens (tertiary/aromatic N) is 2. The van der Waals surface area contributed by atoms with Crippen LogP contribution in [0.25, 0.3) is 0 Å². The molecule has 4 heteroatoms. The van der Waals surface area contributed by atoms with E-state index in [1.807, 2.05) is 6.92 Å². The highest BCUT2D eigenvalue weighted by atomic mass is 79.9. The molecule has 0 fully saturated rings. The molecule has 0 aliphatic heterocycles. The van der Waals surface area contributed by atoms with E-state index in [2.05, 4.69) is 38.2 Å². The lowest BCUT2D eigenvalue weighted by molar-refractivity contribution is 0.965. The summed E-state index contributed by atoms with van der Waals surface area (Å²) < 4.78 is 0. The Kier molecular flexibility index (Phi) is 3.33. The van der Waals surface area contributed by atoms with Gasteiger partial charge >= 0.3 is 0 Å². The SMILES string of the molecule is Cc1csc(N(C)CCBr)n1. The van der Waals surface area contributed by atoms with Crippen molar-refractivity contribution >= 4 is 32.4 Å². The number of thiazole rings is 1. The van der Waals surface area contributed by atoms with E-state index in [0.29, 0.717) is 0 Å². The lowest BCUT2D eigenvalue weighted by Crippen LogP contribution is -2.18. The van der Waals surface area contributed by atoms with E-state index in [9.17, 15) is 0 Å². The number of anilines is 1. The summed E-state index contributed by atoms with van der Waals surface area (Å²) in [6.45, 7) is 3.02. The van der Waals surface area contributed by atoms with Crippen molar-refractivity contribution in [1.29, 1.82) is 0 Å². The van der Waals surface area contributed by atoms with Gasteiger partial charge in [0.1, 0.15) is 0 Å². The molecule has 0 aliphatic carbocycles. The van der Waals surface area contributed by atoms with E-state index in [1.165, 1.54) is 0 Å². The molecule has 0 saturated heterocycles. The smallest absolute Gasteiger partial charge is 0.185 e. The number of aryl methyl sites for hydroxylation is 1. The molecule has 0 unspecified atom stereocenters. The van der Waals surface area contributed by atoms with Crippen LogP contribution in [0.3, 0.4) is 0 Å². The van der Waals surface area contributed by atoms with Gasteiger partial charge in [-0.2, -0.15) is 0 Å². The molecule has 0 aliphatic rings. The number of alkyl halides is 1. The van der Waals surface area contributed by atoms with Crippen LogP contribution in [0.4, 0.5) is 5.13 Å². The van der Waals surface area contributed by atoms with E-state index < -0.39 is 0 Å². The normalized spacial score (nSPS) is 10.1. The molecule has 0 N–H and O–H groups in total. The van der Waals surface area contributed by atoms with Crippen LogP contribution >= 0.6 is 27.3 Å². The lowest BCUT2D eigenvalue weighted by Gasteiger charge is -2.12. The number of rotatable bonds is 3. The van der Waals surface area contributed by atoms with Crippen molar-refractivity contribution in [3.05, 3.63) is 11.1 Å². The molecule has 1 aromatic rings. The average molecular weight is 235 g/mol. The van der Waals surface area contributed by atoms with Gasteiger partial charge in [-0.05, 0) is 6.92 Å². The van der Waals surface area contributed by atoms with Crippen LogP contribution < -0.4 is 4.90 Å². The first-order valence-corrected chi connectivity index (χ1v) is 5.43. The summed E-state index contributed by atoms with van der Waals surface area (Å²) in [7, 11) is 2.06. The predicted molar refractivity (Wildman–Crippen MR) is 53.9 cm³/mol. The van der Waals surface area contributed by atoms with E-state index in [-0.39, 0.29) is 0 Å². The van der Waals surface area contributed by atoms with Crippen molar-refractivity contribution < 1.29 is 0 Å². The van der Waals surface area contributed by atoms with E-state index >= 15 is 0 Å². The third-order valence-electron chi connectivity index (χ3n) is 1.35. The van der Waals surface area contributed by atoms with Gasteiger partial charge in [0.05, 0.1) is 5.69 Å². The molecule has 1 heterocycles. The predicted octanol–water partition coefficient (Wildman–Crippen LogP) is 2.28. The Bertz CT molecular complexity index is 224. The Morgan fingerprint density at radius 3 is 2.91 bits per heavy atom. The molecular formula is C7H11BrN2S. The molecule has 0 radical (unpaired) electrons. The summed E-state index contributed by atoms with van der Waals surface area (Å²) in [5, 5.41) is 4.16. The summed E-state index contributed by atoms with van der Waals surface area (Å²) in [5.41, 5.74) is 1.10. The quantitative estimate of drug-likeness (QED) is 0.747. The van der Waals surface area contributed by atoms with Gasteiger partial charge in [0.25, 0.3) is 0 Å². The fraction of sp³-hybridized carbons (Fsp3) is 0.571. The Morgan fingerprint density at radius 1 is 1.73 bits per heavy atom. The Balaban J connectivity index is 2.60. The molecule has 0 atom stereocenters. The summed E-state index contributed by atoms with van der Waals surface area (Å²) in [6.07, 6.45) is 0. The molecule has 62 valence electrons. The highest BCUT2D eigenvalue weighted by Crippen LogP contribution is 2.18. The van der Waals surface area contributed by atoms with E-state index in [0.717, 1.165) is 22.7 Å². The monoisotopic (exact) mass is 234 g/mol. The second kappa shape index (κ2) is 4.07. The van der Waals surface area contributed by atoms with E-state index in [4.69, 9.17) is 0 Å². The van der Waals surface area contributed by atoms with Crippen molar-refractivity contribution in [2.24, 2.45) is 0 Å². The Labute approximate surface area is 79.4 Å². The first kappa shape index (κ1) is 9.00. The molecule has 0 amide bonds. The van der Waals surface area contributed by atoms with Gasteiger partial charge in [-0.25, -0.2) is 4.98 Å². The van der Waals surface area contributed by atoms with Crippen LogP contribution in [-0.4, -0.2) is 23.9 Å². The number of aromatic nitrogens is 1. The van der Waals surface area contributed by atoms with Gasteiger partial charge in [-0.3, -0.25) is 0 Å². The molecule has 1 aromatic heterocycles. The molecule has 11 heavy (non-hydrogen) atoms. The van der Waals surface area contributed by atoms with Crippen molar-refractivity contribution in [2.45, 2.75) is 6.92 Å². The fourth-order valence-corrected chi connectivity index (χ4v) is 2.07. The molecule has 2 nitrogen and oxygen atoms in total. The largest absolute Gasteiger partial charge is 0.350 e. The van der Waals surface area contributed by atoms with Crippen LogP contribution in [0.1, 0.15) is 5.69 Å². The third-order valence-corrected chi connectivity index (χ3v) is 2.78. The van der Waals surface area contributed by atoms with Gasteiger partial charge in [0, 0.05) is 24.3 Å². The van der Waals surface area contributed by atoms with Crippen LogP contribution in [-0.2, 0) is 0 Å². The summed E-state index contributed by atoms with van der Waals surface area (Å²) in [6, 6.07) is 0. The minimum Gasteiger partial charge on any atom is -0.350 e. The van der Waals surface area contributed by atoms with Crippen LogP contribution in [0.5, 0.6) is 0 Å². The standard InChI is InChI=1S/C7H11BrN2S/c1-6-5-11-7(9-6)10(2)4-3-8/h5H,3-4H2,1-2H3. The van der Waals surface area contributed by atoms with E-state index in [1.54, 1.807) is 11.3 Å². The maximum Gasteiger partial charge on any atom is 0.185 e. The Morgan fingerprint density at radius 2 is 2.45 bits per heavy atom. The van der Waals surface area contributed by atoms with Crippen molar-refractivity contribution in [3.8, 4) is 0 Å². The topological polar surface area (TPSA) is 16.1 Å². The fourth-order valence-electron chi connectivity index (χ4n) is 0.739. The minimum absolute atomic E-state index is 0.988. The van der Waals surface area contributed by atoms with Crippen molar-refractivity contribution in [3.63, 3.8) is 0 Å². The van der Waals surface area contributed by atoms with Crippen molar-refractivity contribution in [1.82, 2.24) is 4.98 Å². The Hall–Kier alpha value is -0.0900. The molecule has 0 spiro atoms. The molecule has 0 bridgehead atoms. The summed E-state index contributed by atoms with van der Waals surface area (Å²) >= 11 is 5.08. The second-order valence-electron chi connectivity index (χ2n) is 2.38. The zero-order valence-electron chi connectivity index (χ0n) is 6.67. The molecule has 0 saturated carbocycles. The maximum absolute atomic E-state index is 4.35. The molecule has 1 rings (SSSR count). The van der Waals surface area contributed by atoms with Gasteiger partial charge in [0.2, 0.25) is 0 Å². The number of hydrogen-bond acceptors (Lipinski definition) is 3. The van der Waals surface area contributed by atoms with Gasteiger partial charge in [-0.1, -0.05) is 15.9 Å². The summed E-state index contributed by atoms with van der Waals surface area (Å²) in [4.78, 5) is 6.50. The first-order chi connectivity index (χ1) is 5.24. The maximum atomic E-state index is 4.35. The van der Waals surface area contributed by atoms with Gasteiger partial charge in [0.15, 0.2) is 5.13 Å².